The van der Waals surface area contributed by atoms with Crippen LogP contribution in [0.3, 0.4) is 0 Å². The number of halogens is 5. The van der Waals surface area contributed by atoms with Gasteiger partial charge in [0.2, 0.25) is 11.9 Å². The molecule has 2 radical (unpaired) electrons. The van der Waals surface area contributed by atoms with Crippen LogP contribution in [0.5, 0.6) is 5.75 Å². The Hall–Kier alpha value is -2.97. The Bertz CT molecular complexity index is 997. The minimum atomic E-state index is -2.28. The van der Waals surface area contributed by atoms with Gasteiger partial charge >= 0.3 is 11.9 Å². The quantitative estimate of drug-likeness (QED) is 0.167. The number of carbonyl (C=O) groups excluding carboxylic acids is 2. The van der Waals surface area contributed by atoms with Crippen molar-refractivity contribution in [3.05, 3.63) is 77.8 Å². The second kappa shape index (κ2) is 8.28. The molecule has 4 unspecified atom stereocenters. The van der Waals surface area contributed by atoms with Gasteiger partial charge in [-0.1, -0.05) is 18.2 Å². The molecule has 31 heavy (non-hydrogen) atoms. The standard InChI is InChI=1S/C22H15F5O4/c23-16-15(17(24)19(26)20(27)18(16)25)13(9-14(28)30-12-4-2-1-3-5-12)10-6-7-11(8-10)21-22(29)31-21/h1-5,7,9-11,13,21H,6,8H2. The molecule has 1 aliphatic heterocycles. The number of para-hydroxylation sites is 1. The number of cyclic esters (lactones) is 1. The minimum absolute atomic E-state index is 0.146. The summed E-state index contributed by atoms with van der Waals surface area (Å²) in [7, 11) is 0. The summed E-state index contributed by atoms with van der Waals surface area (Å²) in [6.45, 7) is 0. The van der Waals surface area contributed by atoms with Gasteiger partial charge in [-0.3, -0.25) is 4.79 Å². The van der Waals surface area contributed by atoms with Crippen molar-refractivity contribution in [2.45, 2.75) is 24.9 Å². The lowest BCUT2D eigenvalue weighted by molar-refractivity contribution is -0.131. The largest absolute Gasteiger partial charge is 0.447 e. The summed E-state index contributed by atoms with van der Waals surface area (Å²) < 4.78 is 80.2. The predicted octanol–water partition coefficient (Wildman–Crippen LogP) is 4.43. The van der Waals surface area contributed by atoms with E-state index in [1.807, 2.05) is 0 Å². The Morgan fingerprint density at radius 2 is 1.58 bits per heavy atom. The summed E-state index contributed by atoms with van der Waals surface area (Å²) in [6.07, 6.45) is 2.16. The van der Waals surface area contributed by atoms with Crippen molar-refractivity contribution in [1.82, 2.24) is 0 Å². The maximum Gasteiger partial charge on any atom is 0.348 e. The van der Waals surface area contributed by atoms with E-state index in [0.29, 0.717) is 0 Å². The third kappa shape index (κ3) is 4.13. The summed E-state index contributed by atoms with van der Waals surface area (Å²) >= 11 is 0. The van der Waals surface area contributed by atoms with Crippen LogP contribution in [0.4, 0.5) is 22.0 Å². The van der Waals surface area contributed by atoms with Crippen molar-refractivity contribution in [3.63, 3.8) is 0 Å². The fourth-order valence-electron chi connectivity index (χ4n) is 3.94. The highest BCUT2D eigenvalue weighted by Gasteiger charge is 2.50. The monoisotopic (exact) mass is 438 g/mol. The Morgan fingerprint density at radius 1 is 1.00 bits per heavy atom. The van der Waals surface area contributed by atoms with Gasteiger partial charge in [0, 0.05) is 17.4 Å². The van der Waals surface area contributed by atoms with Gasteiger partial charge in [-0.25, -0.2) is 26.7 Å². The Kier molecular flexibility index (Phi) is 5.68. The lowest BCUT2D eigenvalue weighted by Gasteiger charge is -2.24. The van der Waals surface area contributed by atoms with E-state index in [1.165, 1.54) is 12.1 Å². The van der Waals surface area contributed by atoms with Crippen molar-refractivity contribution in [3.8, 4) is 5.75 Å². The van der Waals surface area contributed by atoms with Crippen molar-refractivity contribution >= 4 is 11.9 Å². The molecule has 0 aromatic heterocycles. The zero-order chi connectivity index (χ0) is 22.3. The van der Waals surface area contributed by atoms with Gasteiger partial charge in [0.25, 0.3) is 0 Å². The van der Waals surface area contributed by atoms with E-state index in [9.17, 15) is 31.5 Å². The number of hydrogen-bond acceptors (Lipinski definition) is 4. The predicted molar refractivity (Wildman–Crippen MR) is 95.7 cm³/mol. The fourth-order valence-corrected chi connectivity index (χ4v) is 3.94. The number of hydrogen-bond donors (Lipinski definition) is 0. The van der Waals surface area contributed by atoms with Crippen LogP contribution in [0.25, 0.3) is 0 Å². The van der Waals surface area contributed by atoms with Gasteiger partial charge < -0.3 is 9.47 Å². The summed E-state index contributed by atoms with van der Waals surface area (Å²) in [6, 6.07) is 7.79. The van der Waals surface area contributed by atoms with E-state index in [-0.39, 0.29) is 24.5 Å². The molecule has 2 fully saturated rings. The van der Waals surface area contributed by atoms with Gasteiger partial charge in [0.15, 0.2) is 23.3 Å². The van der Waals surface area contributed by atoms with Crippen molar-refractivity contribution in [2.24, 2.45) is 11.8 Å². The van der Waals surface area contributed by atoms with Crippen molar-refractivity contribution < 1.29 is 41.0 Å². The molecule has 2 aliphatic rings. The molecule has 2 aromatic carbocycles. The molecule has 1 aliphatic carbocycles. The Balaban J connectivity index is 1.65. The molecule has 4 nitrogen and oxygen atoms in total. The first kappa shape index (κ1) is 21.3. The highest BCUT2D eigenvalue weighted by Crippen LogP contribution is 2.47. The molecule has 4 rings (SSSR count). The molecular formula is C22H15F5O4. The Morgan fingerprint density at radius 3 is 2.16 bits per heavy atom. The maximum absolute atomic E-state index is 14.5. The van der Waals surface area contributed by atoms with Gasteiger partial charge in [0.1, 0.15) is 5.75 Å². The molecule has 0 amide bonds. The van der Waals surface area contributed by atoms with Crippen LogP contribution in [0.15, 0.2) is 30.3 Å². The smallest absolute Gasteiger partial charge is 0.348 e. The first-order chi connectivity index (χ1) is 14.8. The summed E-state index contributed by atoms with van der Waals surface area (Å²) in [5.41, 5.74) is -1.11. The second-order valence-corrected chi connectivity index (χ2v) is 7.40. The summed E-state index contributed by atoms with van der Waals surface area (Å²) in [4.78, 5) is 23.7. The van der Waals surface area contributed by atoms with Gasteiger partial charge in [0.05, 0.1) is 6.42 Å². The molecular weight excluding hydrogens is 423 g/mol. The number of esters is 1. The molecule has 0 N–H and O–H groups in total. The van der Waals surface area contributed by atoms with E-state index in [2.05, 4.69) is 0 Å². The van der Waals surface area contributed by atoms with Crippen LogP contribution in [-0.4, -0.2) is 18.0 Å². The van der Waals surface area contributed by atoms with Crippen LogP contribution in [-0.2, 0) is 14.3 Å². The third-order valence-electron chi connectivity index (χ3n) is 5.49. The highest BCUT2D eigenvalue weighted by atomic mass is 19.2. The van der Waals surface area contributed by atoms with Gasteiger partial charge in [-0.05, 0) is 37.3 Å². The van der Waals surface area contributed by atoms with Gasteiger partial charge in [-0.2, -0.15) is 0 Å². The highest BCUT2D eigenvalue weighted by molar-refractivity contribution is 5.88. The zero-order valence-corrected chi connectivity index (χ0v) is 15.8. The van der Waals surface area contributed by atoms with E-state index in [0.717, 1.165) is 6.42 Å². The maximum atomic E-state index is 14.5. The average molecular weight is 438 g/mol. The number of epoxide rings is 1. The minimum Gasteiger partial charge on any atom is -0.447 e. The second-order valence-electron chi connectivity index (χ2n) is 7.40. The number of benzene rings is 2. The molecule has 1 saturated heterocycles. The number of carbonyl (C=O) groups is 2. The van der Waals surface area contributed by atoms with E-state index in [1.54, 1.807) is 24.6 Å². The Labute approximate surface area is 174 Å². The molecule has 162 valence electrons. The van der Waals surface area contributed by atoms with E-state index in [4.69, 9.17) is 9.47 Å². The van der Waals surface area contributed by atoms with Crippen LogP contribution in [0.2, 0.25) is 0 Å². The SMILES string of the molecule is O=C([CH]C(c1c(F)c(F)c(F)c(F)c1F)C1C[CH]C(C2OC2=O)C1)Oc1ccccc1. The molecule has 9 heteroatoms. The lowest BCUT2D eigenvalue weighted by Crippen LogP contribution is -2.23. The van der Waals surface area contributed by atoms with Crippen LogP contribution in [0, 0.1) is 53.8 Å². The normalized spacial score (nSPS) is 23.4. The van der Waals surface area contributed by atoms with E-state index >= 15 is 0 Å². The number of ether oxygens (including phenoxy) is 2. The molecule has 0 spiro atoms. The fraction of sp³-hybridized carbons (Fsp3) is 0.273. The molecule has 2 aromatic rings. The first-order valence-corrected chi connectivity index (χ1v) is 9.44. The van der Waals surface area contributed by atoms with Crippen LogP contribution < -0.4 is 4.74 Å². The van der Waals surface area contributed by atoms with E-state index < -0.39 is 64.5 Å². The van der Waals surface area contributed by atoms with Crippen LogP contribution >= 0.6 is 0 Å². The number of rotatable bonds is 6. The topological polar surface area (TPSA) is 55.9 Å². The van der Waals surface area contributed by atoms with Crippen LogP contribution in [0.1, 0.15) is 24.3 Å². The molecule has 1 saturated carbocycles. The molecule has 1 heterocycles. The average Bonchev–Trinajstić information content (AvgIpc) is 3.28. The summed E-state index contributed by atoms with van der Waals surface area (Å²) in [5, 5.41) is 0. The zero-order valence-electron chi connectivity index (χ0n) is 15.8. The summed E-state index contributed by atoms with van der Waals surface area (Å²) in [5.74, 6) is -14.3. The van der Waals surface area contributed by atoms with Crippen molar-refractivity contribution in [1.29, 1.82) is 0 Å². The van der Waals surface area contributed by atoms with Gasteiger partial charge in [-0.15, -0.1) is 0 Å². The first-order valence-electron chi connectivity index (χ1n) is 9.44. The molecule has 4 atom stereocenters. The van der Waals surface area contributed by atoms with Crippen molar-refractivity contribution in [2.75, 3.05) is 0 Å². The molecule has 0 bridgehead atoms. The lowest BCUT2D eigenvalue weighted by atomic mass is 9.81. The third-order valence-corrected chi connectivity index (χ3v) is 5.49.